The maximum absolute atomic E-state index is 13.0. The Morgan fingerprint density at radius 2 is 2.00 bits per heavy atom. The van der Waals surface area contributed by atoms with Gasteiger partial charge in [0.05, 0.1) is 23.9 Å². The normalized spacial score (nSPS) is 17.8. The summed E-state index contributed by atoms with van der Waals surface area (Å²) in [5.41, 5.74) is 6.51. The molecule has 0 spiro atoms. The lowest BCUT2D eigenvalue weighted by Gasteiger charge is -2.34. The molecule has 3 rings (SSSR count). The highest BCUT2D eigenvalue weighted by Crippen LogP contribution is 2.38. The SMILES string of the molecule is COC(CN)CC(=O)N1CCN(S(=O)(=O)c2cccc3c2N=S=N3)CC1.Cl. The molecular weight excluding hydrogens is 414 g/mol. The summed E-state index contributed by atoms with van der Waals surface area (Å²) in [6.07, 6.45) is -0.122. The van der Waals surface area contributed by atoms with Crippen molar-refractivity contribution in [1.29, 1.82) is 0 Å². The highest BCUT2D eigenvalue weighted by Gasteiger charge is 2.33. The molecule has 12 heteroatoms. The van der Waals surface area contributed by atoms with Crippen LogP contribution in [-0.2, 0) is 30.9 Å². The summed E-state index contributed by atoms with van der Waals surface area (Å²) in [5, 5.41) is 0. The molecule has 1 aromatic carbocycles. The van der Waals surface area contributed by atoms with Crippen LogP contribution in [0.4, 0.5) is 11.4 Å². The molecule has 0 saturated carbocycles. The van der Waals surface area contributed by atoms with Gasteiger partial charge < -0.3 is 15.4 Å². The Morgan fingerprint density at radius 1 is 1.30 bits per heavy atom. The van der Waals surface area contributed by atoms with Gasteiger partial charge in [0.15, 0.2) is 0 Å². The number of methoxy groups -OCH3 is 1. The van der Waals surface area contributed by atoms with Crippen LogP contribution in [-0.4, -0.2) is 69.5 Å². The Labute approximate surface area is 168 Å². The molecule has 0 aliphatic carbocycles. The smallest absolute Gasteiger partial charge is 0.245 e. The number of ether oxygens (including phenoxy) is 1. The second-order valence-electron chi connectivity index (χ2n) is 5.97. The first kappa shape index (κ1) is 21.9. The van der Waals surface area contributed by atoms with E-state index < -0.39 is 10.0 Å². The molecule has 2 N–H and O–H groups in total. The number of rotatable bonds is 6. The van der Waals surface area contributed by atoms with E-state index in [2.05, 4.69) is 8.73 Å². The summed E-state index contributed by atoms with van der Waals surface area (Å²) in [6.45, 7) is 1.42. The van der Waals surface area contributed by atoms with Crippen LogP contribution < -0.4 is 5.73 Å². The van der Waals surface area contributed by atoms with Crippen molar-refractivity contribution in [3.63, 3.8) is 0 Å². The zero-order valence-electron chi connectivity index (χ0n) is 14.8. The molecule has 2 aliphatic heterocycles. The Balaban J connectivity index is 0.00000261. The van der Waals surface area contributed by atoms with Gasteiger partial charge in [0, 0.05) is 39.8 Å². The van der Waals surface area contributed by atoms with E-state index in [9.17, 15) is 13.2 Å². The first-order valence-corrected chi connectivity index (χ1v) is 10.4. The van der Waals surface area contributed by atoms with E-state index in [4.69, 9.17) is 10.5 Å². The summed E-state index contributed by atoms with van der Waals surface area (Å²) >= 11 is 0.986. The molecule has 1 unspecified atom stereocenters. The molecule has 0 aromatic heterocycles. The predicted octanol–water partition coefficient (Wildman–Crippen LogP) is 1.03. The molecule has 1 fully saturated rings. The third-order valence-electron chi connectivity index (χ3n) is 4.46. The van der Waals surface area contributed by atoms with Crippen LogP contribution >= 0.6 is 12.4 Å². The van der Waals surface area contributed by atoms with Crippen LogP contribution in [0.5, 0.6) is 0 Å². The van der Waals surface area contributed by atoms with Crippen molar-refractivity contribution in [3.8, 4) is 0 Å². The quantitative estimate of drug-likeness (QED) is 0.727. The monoisotopic (exact) mass is 435 g/mol. The minimum absolute atomic E-state index is 0. The molecule has 1 atom stereocenters. The van der Waals surface area contributed by atoms with Crippen molar-refractivity contribution < 1.29 is 17.9 Å². The van der Waals surface area contributed by atoms with E-state index in [1.807, 2.05) is 0 Å². The summed E-state index contributed by atoms with van der Waals surface area (Å²) in [5.74, 6) is -0.0786. The number of halogens is 1. The number of fused-ring (bicyclic) bond motifs is 1. The molecule has 0 bridgehead atoms. The van der Waals surface area contributed by atoms with Crippen LogP contribution in [0.1, 0.15) is 6.42 Å². The van der Waals surface area contributed by atoms with Crippen LogP contribution in [0.25, 0.3) is 0 Å². The fourth-order valence-corrected chi connectivity index (χ4v) is 5.07. The highest BCUT2D eigenvalue weighted by molar-refractivity contribution is 7.89. The summed E-state index contributed by atoms with van der Waals surface area (Å²) < 4.78 is 40.7. The predicted molar refractivity (Wildman–Crippen MR) is 105 cm³/mol. The molecule has 1 aromatic rings. The molecule has 27 heavy (non-hydrogen) atoms. The van der Waals surface area contributed by atoms with Gasteiger partial charge >= 0.3 is 0 Å². The van der Waals surface area contributed by atoms with E-state index in [0.717, 1.165) is 11.4 Å². The van der Waals surface area contributed by atoms with Crippen molar-refractivity contribution >= 4 is 51.1 Å². The first-order valence-electron chi connectivity index (χ1n) is 8.19. The topological polar surface area (TPSA) is 118 Å². The minimum Gasteiger partial charge on any atom is -0.380 e. The summed E-state index contributed by atoms with van der Waals surface area (Å²) in [4.78, 5) is 14.1. The number of nitrogens with zero attached hydrogens (tertiary/aromatic N) is 4. The number of amides is 1. The number of nitrogens with two attached hydrogens (primary N) is 1. The highest BCUT2D eigenvalue weighted by atomic mass is 35.5. The summed E-state index contributed by atoms with van der Waals surface area (Å²) in [6, 6.07) is 4.94. The van der Waals surface area contributed by atoms with Gasteiger partial charge in [-0.05, 0) is 12.1 Å². The molecule has 0 radical (unpaired) electrons. The van der Waals surface area contributed by atoms with Crippen LogP contribution in [0.15, 0.2) is 31.8 Å². The molecular formula is C15H22ClN5O4S2. The van der Waals surface area contributed by atoms with Gasteiger partial charge in [0.25, 0.3) is 0 Å². The van der Waals surface area contributed by atoms with Gasteiger partial charge in [-0.3, -0.25) is 4.79 Å². The van der Waals surface area contributed by atoms with Crippen LogP contribution in [0.3, 0.4) is 0 Å². The lowest BCUT2D eigenvalue weighted by molar-refractivity contribution is -0.134. The van der Waals surface area contributed by atoms with Crippen LogP contribution in [0.2, 0.25) is 0 Å². The van der Waals surface area contributed by atoms with Gasteiger partial charge in [0.2, 0.25) is 15.9 Å². The number of hydrogen-bond acceptors (Lipinski definition) is 7. The van der Waals surface area contributed by atoms with Gasteiger partial charge in [-0.15, -0.1) is 12.4 Å². The number of sulfonamides is 1. The number of piperazine rings is 1. The van der Waals surface area contributed by atoms with Gasteiger partial charge in [0.1, 0.15) is 16.3 Å². The average molecular weight is 436 g/mol. The maximum atomic E-state index is 13.0. The third-order valence-corrected chi connectivity index (χ3v) is 6.93. The van der Waals surface area contributed by atoms with Gasteiger partial charge in [-0.1, -0.05) is 6.07 Å². The van der Waals surface area contributed by atoms with E-state index in [1.54, 1.807) is 23.1 Å². The Morgan fingerprint density at radius 3 is 2.63 bits per heavy atom. The molecule has 1 amide bonds. The van der Waals surface area contributed by atoms with Crippen molar-refractivity contribution in [2.45, 2.75) is 17.4 Å². The van der Waals surface area contributed by atoms with Crippen molar-refractivity contribution in [2.24, 2.45) is 14.5 Å². The molecule has 9 nitrogen and oxygen atoms in total. The molecule has 2 aliphatic rings. The standard InChI is InChI=1S/C15H21N5O4S2.ClH/c1-24-11(10-16)9-14(21)19-5-7-20(8-6-19)26(22,23)13-4-2-3-12-15(13)18-25-17-12;/h2-4,11H,5-10,16H2,1H3;1H. The number of carbonyl (C=O) groups is 1. The summed E-state index contributed by atoms with van der Waals surface area (Å²) in [7, 11) is -2.17. The lowest BCUT2D eigenvalue weighted by atomic mass is 10.2. The van der Waals surface area contributed by atoms with Crippen LogP contribution in [0, 0.1) is 0 Å². The van der Waals surface area contributed by atoms with E-state index in [1.165, 1.54) is 11.4 Å². The van der Waals surface area contributed by atoms with Gasteiger partial charge in [-0.2, -0.15) is 13.0 Å². The zero-order valence-corrected chi connectivity index (χ0v) is 17.2. The van der Waals surface area contributed by atoms with E-state index >= 15 is 0 Å². The minimum atomic E-state index is -3.69. The number of carbonyl (C=O) groups excluding carboxylic acids is 1. The first-order chi connectivity index (χ1) is 12.5. The fourth-order valence-electron chi connectivity index (χ4n) is 2.89. The number of hydrogen-bond donors (Lipinski definition) is 1. The Bertz CT molecular complexity index is 861. The second kappa shape index (κ2) is 9.22. The molecule has 150 valence electrons. The van der Waals surface area contributed by atoms with Crippen molar-refractivity contribution in [2.75, 3.05) is 39.8 Å². The lowest BCUT2D eigenvalue weighted by Crippen LogP contribution is -2.51. The van der Waals surface area contributed by atoms with E-state index in [0.29, 0.717) is 24.5 Å². The third kappa shape index (κ3) is 4.55. The maximum Gasteiger partial charge on any atom is 0.245 e. The fraction of sp³-hybridized carbons (Fsp3) is 0.533. The largest absolute Gasteiger partial charge is 0.380 e. The number of benzene rings is 1. The van der Waals surface area contributed by atoms with Gasteiger partial charge in [-0.25, -0.2) is 8.42 Å². The van der Waals surface area contributed by atoms with Crippen molar-refractivity contribution in [3.05, 3.63) is 18.2 Å². The van der Waals surface area contributed by atoms with Crippen molar-refractivity contribution in [1.82, 2.24) is 9.21 Å². The average Bonchev–Trinajstić information content (AvgIpc) is 3.14. The Kier molecular flexibility index (Phi) is 7.48. The molecule has 2 heterocycles. The zero-order chi connectivity index (χ0) is 18.7. The Hall–Kier alpha value is -1.37. The molecule has 1 saturated heterocycles. The van der Waals surface area contributed by atoms with E-state index in [-0.39, 0.29) is 55.4 Å². The second-order valence-corrected chi connectivity index (χ2v) is 8.41.